The lowest BCUT2D eigenvalue weighted by atomic mass is 10.3. The van der Waals surface area contributed by atoms with Crippen molar-refractivity contribution in [1.82, 2.24) is 9.99 Å². The van der Waals surface area contributed by atoms with E-state index in [1.54, 1.807) is 34.9 Å². The summed E-state index contributed by atoms with van der Waals surface area (Å²) in [5.41, 5.74) is 8.99. The highest BCUT2D eigenvalue weighted by atomic mass is 32.3. The summed E-state index contributed by atoms with van der Waals surface area (Å²) in [5.74, 6) is -0.0963. The minimum atomic E-state index is -4.05. The van der Waals surface area contributed by atoms with Crippen LogP contribution in [-0.2, 0) is 14.6 Å². The van der Waals surface area contributed by atoms with Crippen LogP contribution in [0.5, 0.6) is 5.75 Å². The predicted molar refractivity (Wildman–Crippen MR) is 94.9 cm³/mol. The molecule has 1 aromatic heterocycles. The first kappa shape index (κ1) is 18.2. The van der Waals surface area contributed by atoms with Crippen molar-refractivity contribution in [3.8, 4) is 11.4 Å². The second kappa shape index (κ2) is 8.13. The molecule has 0 saturated carbocycles. The van der Waals surface area contributed by atoms with E-state index in [1.807, 2.05) is 18.5 Å². The van der Waals surface area contributed by atoms with Crippen molar-refractivity contribution < 1.29 is 16.8 Å². The molecule has 10 heteroatoms. The zero-order valence-electron chi connectivity index (χ0n) is 13.3. The van der Waals surface area contributed by atoms with Gasteiger partial charge in [-0.2, -0.15) is 13.5 Å². The minimum Gasteiger partial charge on any atom is -0.369 e. The lowest BCUT2D eigenvalue weighted by Gasteiger charge is -2.07. The highest BCUT2D eigenvalue weighted by Crippen LogP contribution is 2.19. The SMILES string of the molecule is COS(=O)(=O)Oc1cccc(-n2ccc(/C=C/C=N/NC(=N)N)c2)c1. The molecule has 2 aromatic rings. The number of hydrogen-bond acceptors (Lipinski definition) is 6. The van der Waals surface area contributed by atoms with Crippen LogP contribution in [0.25, 0.3) is 11.8 Å². The third kappa shape index (κ3) is 5.79. The van der Waals surface area contributed by atoms with Crippen molar-refractivity contribution in [3.05, 3.63) is 54.4 Å². The number of aromatic nitrogens is 1. The molecule has 0 spiro atoms. The molecule has 25 heavy (non-hydrogen) atoms. The van der Waals surface area contributed by atoms with E-state index in [9.17, 15) is 8.42 Å². The van der Waals surface area contributed by atoms with Gasteiger partial charge in [0.2, 0.25) is 5.96 Å². The number of guanidine groups is 1. The Morgan fingerprint density at radius 1 is 1.40 bits per heavy atom. The zero-order valence-corrected chi connectivity index (χ0v) is 14.1. The van der Waals surface area contributed by atoms with Crippen LogP contribution in [0.15, 0.2) is 53.9 Å². The van der Waals surface area contributed by atoms with Gasteiger partial charge in [0.25, 0.3) is 0 Å². The number of allylic oxidation sites excluding steroid dienone is 1. The Bertz CT molecular complexity index is 902. The molecule has 9 nitrogen and oxygen atoms in total. The van der Waals surface area contributed by atoms with Crippen LogP contribution in [0.3, 0.4) is 0 Å². The van der Waals surface area contributed by atoms with E-state index in [-0.39, 0.29) is 11.7 Å². The molecule has 132 valence electrons. The molecular formula is C15H17N5O4S. The molecule has 0 aliphatic heterocycles. The van der Waals surface area contributed by atoms with Crippen LogP contribution >= 0.6 is 0 Å². The first-order valence-corrected chi connectivity index (χ1v) is 8.31. The van der Waals surface area contributed by atoms with Crippen molar-refractivity contribution in [3.63, 3.8) is 0 Å². The molecule has 0 radical (unpaired) electrons. The van der Waals surface area contributed by atoms with Crippen molar-refractivity contribution in [2.75, 3.05) is 7.11 Å². The summed E-state index contributed by atoms with van der Waals surface area (Å²) in [4.78, 5) is 0. The molecule has 0 aliphatic rings. The Morgan fingerprint density at radius 2 is 2.20 bits per heavy atom. The molecule has 0 unspecified atom stereocenters. The summed E-state index contributed by atoms with van der Waals surface area (Å²) in [5, 5.41) is 10.6. The largest absolute Gasteiger partial charge is 0.448 e. The molecule has 1 heterocycles. The third-order valence-corrected chi connectivity index (χ3v) is 3.67. The van der Waals surface area contributed by atoms with Gasteiger partial charge in [0.1, 0.15) is 5.75 Å². The van der Waals surface area contributed by atoms with Gasteiger partial charge in [-0.15, -0.1) is 0 Å². The van der Waals surface area contributed by atoms with Crippen molar-refractivity contribution in [1.29, 1.82) is 5.41 Å². The van der Waals surface area contributed by atoms with E-state index >= 15 is 0 Å². The van der Waals surface area contributed by atoms with Crippen molar-refractivity contribution in [2.24, 2.45) is 10.8 Å². The van der Waals surface area contributed by atoms with Crippen LogP contribution in [0, 0.1) is 5.41 Å². The normalized spacial score (nSPS) is 11.9. The first-order valence-electron chi connectivity index (χ1n) is 6.98. The summed E-state index contributed by atoms with van der Waals surface area (Å²) in [6.07, 6.45) is 8.60. The Kier molecular flexibility index (Phi) is 5.93. The lowest BCUT2D eigenvalue weighted by molar-refractivity contribution is 0.330. The summed E-state index contributed by atoms with van der Waals surface area (Å²) in [7, 11) is -3.03. The highest BCUT2D eigenvalue weighted by Gasteiger charge is 2.11. The molecule has 4 N–H and O–H groups in total. The first-order chi connectivity index (χ1) is 11.9. The van der Waals surface area contributed by atoms with Crippen LogP contribution in [-0.4, -0.2) is 32.3 Å². The van der Waals surface area contributed by atoms with Gasteiger partial charge in [0, 0.05) is 30.4 Å². The average molecular weight is 363 g/mol. The fourth-order valence-electron chi connectivity index (χ4n) is 1.82. The summed E-state index contributed by atoms with van der Waals surface area (Å²) >= 11 is 0. The van der Waals surface area contributed by atoms with E-state index in [0.717, 1.165) is 18.4 Å². The summed E-state index contributed by atoms with van der Waals surface area (Å²) in [6.45, 7) is 0. The Balaban J connectivity index is 2.10. The van der Waals surface area contributed by atoms with E-state index in [1.165, 1.54) is 12.3 Å². The number of hydrogen-bond donors (Lipinski definition) is 3. The highest BCUT2D eigenvalue weighted by molar-refractivity contribution is 7.82. The maximum atomic E-state index is 11.3. The van der Waals surface area contributed by atoms with E-state index in [4.69, 9.17) is 15.3 Å². The molecule has 1 aromatic carbocycles. The Labute approximate surface area is 145 Å². The van der Waals surface area contributed by atoms with E-state index in [2.05, 4.69) is 14.7 Å². The minimum absolute atomic E-state index is 0.146. The maximum absolute atomic E-state index is 11.3. The summed E-state index contributed by atoms with van der Waals surface area (Å²) < 4.78 is 33.5. The van der Waals surface area contributed by atoms with Crippen molar-refractivity contribution in [2.45, 2.75) is 0 Å². The van der Waals surface area contributed by atoms with E-state index < -0.39 is 10.4 Å². The smallest absolute Gasteiger partial charge is 0.369 e. The van der Waals surface area contributed by atoms with Gasteiger partial charge in [-0.3, -0.25) is 5.41 Å². The topological polar surface area (TPSA) is 132 Å². The number of benzene rings is 1. The van der Waals surface area contributed by atoms with Crippen LogP contribution in [0.4, 0.5) is 0 Å². The molecule has 0 amide bonds. The monoisotopic (exact) mass is 363 g/mol. The average Bonchev–Trinajstić information content (AvgIpc) is 3.03. The van der Waals surface area contributed by atoms with Crippen LogP contribution < -0.4 is 15.3 Å². The number of nitrogens with one attached hydrogen (secondary N) is 2. The Morgan fingerprint density at radius 3 is 2.92 bits per heavy atom. The third-order valence-electron chi connectivity index (χ3n) is 2.87. The fraction of sp³-hybridized carbons (Fsp3) is 0.0667. The molecule has 0 aliphatic carbocycles. The second-order valence-corrected chi connectivity index (χ2v) is 5.99. The van der Waals surface area contributed by atoms with Crippen LogP contribution in [0.2, 0.25) is 0 Å². The molecule has 0 atom stereocenters. The lowest BCUT2D eigenvalue weighted by Crippen LogP contribution is -2.25. The molecule has 0 bridgehead atoms. The fourth-order valence-corrected chi connectivity index (χ4v) is 2.23. The maximum Gasteiger partial charge on any atom is 0.448 e. The summed E-state index contributed by atoms with van der Waals surface area (Å²) in [6, 6.07) is 8.43. The van der Waals surface area contributed by atoms with Gasteiger partial charge in [-0.1, -0.05) is 12.1 Å². The second-order valence-electron chi connectivity index (χ2n) is 4.67. The molecule has 0 fully saturated rings. The van der Waals surface area contributed by atoms with Gasteiger partial charge in [0.15, 0.2) is 0 Å². The Hall–Kier alpha value is -3.11. The van der Waals surface area contributed by atoms with Gasteiger partial charge < -0.3 is 14.5 Å². The molecular weight excluding hydrogens is 346 g/mol. The standard InChI is InChI=1S/C15H17N5O4S/c1-23-25(21,22)24-14-6-2-5-13(10-14)20-9-7-12(11-20)4-3-8-18-19-15(16)17/h2-11H,1H3,(H4,16,17,19)/b4-3+,18-8+. The predicted octanol–water partition coefficient (Wildman–Crippen LogP) is 1.23. The zero-order chi connectivity index (χ0) is 18.3. The number of hydrazone groups is 1. The number of nitrogens with zero attached hydrogens (tertiary/aromatic N) is 2. The van der Waals surface area contributed by atoms with Gasteiger partial charge in [-0.05, 0) is 29.8 Å². The molecule has 2 rings (SSSR count). The van der Waals surface area contributed by atoms with E-state index in [0.29, 0.717) is 0 Å². The quantitative estimate of drug-likeness (QED) is 0.385. The number of rotatable bonds is 7. The van der Waals surface area contributed by atoms with Gasteiger partial charge >= 0.3 is 10.4 Å². The van der Waals surface area contributed by atoms with Crippen molar-refractivity contribution >= 4 is 28.6 Å². The van der Waals surface area contributed by atoms with Gasteiger partial charge in [0.05, 0.1) is 7.11 Å². The van der Waals surface area contributed by atoms with Gasteiger partial charge in [-0.25, -0.2) is 9.61 Å². The molecule has 0 saturated heterocycles. The van der Waals surface area contributed by atoms with Crippen LogP contribution in [0.1, 0.15) is 5.56 Å². The number of nitrogens with two attached hydrogens (primary N) is 1.